The van der Waals surface area contributed by atoms with Crippen LogP contribution in [-0.2, 0) is 4.74 Å². The van der Waals surface area contributed by atoms with Crippen molar-refractivity contribution in [3.05, 3.63) is 27.8 Å². The number of halogens is 1. The topological polar surface area (TPSA) is 30.5 Å². The van der Waals surface area contributed by atoms with Crippen LogP contribution in [0.1, 0.15) is 19.8 Å². The molecule has 1 rings (SSSR count). The Morgan fingerprint density at radius 2 is 1.83 bits per heavy atom. The van der Waals surface area contributed by atoms with Gasteiger partial charge in [-0.25, -0.2) is 0 Å². The molecule has 0 heterocycles. The highest BCUT2D eigenvalue weighted by atomic mass is 127. The zero-order valence-electron chi connectivity index (χ0n) is 11.0. The maximum Gasteiger partial charge on any atom is 0.119 e. The van der Waals surface area contributed by atoms with E-state index in [1.807, 2.05) is 24.3 Å². The number of nitrogens with one attached hydrogen (secondary N) is 1. The quantitative estimate of drug-likeness (QED) is 0.512. The Morgan fingerprint density at radius 1 is 1.06 bits per heavy atom. The van der Waals surface area contributed by atoms with Crippen LogP contribution in [0, 0.1) is 3.57 Å². The lowest BCUT2D eigenvalue weighted by Gasteiger charge is -2.08. The van der Waals surface area contributed by atoms with Gasteiger partial charge in [0.2, 0.25) is 0 Å². The van der Waals surface area contributed by atoms with E-state index in [-0.39, 0.29) is 0 Å². The molecule has 0 aliphatic heterocycles. The van der Waals surface area contributed by atoms with Gasteiger partial charge >= 0.3 is 0 Å². The Kier molecular flexibility index (Phi) is 9.24. The molecule has 3 nitrogen and oxygen atoms in total. The molecule has 0 amide bonds. The fourth-order valence-electron chi connectivity index (χ4n) is 1.42. The summed E-state index contributed by atoms with van der Waals surface area (Å²) in [6, 6.07) is 8.03. The van der Waals surface area contributed by atoms with E-state index >= 15 is 0 Å². The molecule has 0 unspecified atom stereocenters. The van der Waals surface area contributed by atoms with Crippen LogP contribution in [-0.4, -0.2) is 32.9 Å². The molecular weight excluding hydrogens is 341 g/mol. The first kappa shape index (κ1) is 15.7. The second-order valence-electron chi connectivity index (χ2n) is 4.02. The predicted octanol–water partition coefficient (Wildman–Crippen LogP) is 3.08. The third kappa shape index (κ3) is 7.89. The van der Waals surface area contributed by atoms with Crippen molar-refractivity contribution < 1.29 is 9.47 Å². The lowest BCUT2D eigenvalue weighted by Crippen LogP contribution is -2.21. The van der Waals surface area contributed by atoms with Crippen molar-refractivity contribution in [3.8, 4) is 5.75 Å². The number of rotatable bonds is 10. The van der Waals surface area contributed by atoms with E-state index in [9.17, 15) is 0 Å². The van der Waals surface area contributed by atoms with Gasteiger partial charge in [-0.15, -0.1) is 0 Å². The summed E-state index contributed by atoms with van der Waals surface area (Å²) in [7, 11) is 0. The zero-order valence-corrected chi connectivity index (χ0v) is 13.1. The van der Waals surface area contributed by atoms with E-state index < -0.39 is 0 Å². The van der Waals surface area contributed by atoms with Crippen molar-refractivity contribution >= 4 is 22.6 Å². The van der Waals surface area contributed by atoms with E-state index in [4.69, 9.17) is 9.47 Å². The van der Waals surface area contributed by atoms with Crippen molar-refractivity contribution in [1.82, 2.24) is 5.32 Å². The van der Waals surface area contributed by atoms with Crippen molar-refractivity contribution in [3.63, 3.8) is 0 Å². The second-order valence-corrected chi connectivity index (χ2v) is 5.26. The molecule has 1 N–H and O–H groups in total. The molecule has 0 atom stereocenters. The summed E-state index contributed by atoms with van der Waals surface area (Å²) in [5.74, 6) is 0.903. The highest BCUT2D eigenvalue weighted by Gasteiger charge is 1.94. The monoisotopic (exact) mass is 363 g/mol. The highest BCUT2D eigenvalue weighted by Crippen LogP contribution is 2.13. The zero-order chi connectivity index (χ0) is 13.1. The van der Waals surface area contributed by atoms with Gasteiger partial charge in [0, 0.05) is 10.1 Å². The van der Waals surface area contributed by atoms with Crippen LogP contribution in [0.25, 0.3) is 0 Å². The van der Waals surface area contributed by atoms with E-state index in [0.717, 1.165) is 25.4 Å². The normalized spacial score (nSPS) is 10.6. The molecule has 4 heteroatoms. The van der Waals surface area contributed by atoms with Crippen molar-refractivity contribution in [2.24, 2.45) is 0 Å². The Balaban J connectivity index is 1.91. The molecule has 18 heavy (non-hydrogen) atoms. The van der Waals surface area contributed by atoms with Crippen LogP contribution in [0.2, 0.25) is 0 Å². The van der Waals surface area contributed by atoms with Gasteiger partial charge in [0.05, 0.1) is 13.2 Å². The largest absolute Gasteiger partial charge is 0.491 e. The number of unbranched alkanes of at least 4 members (excludes halogenated alkanes) is 1. The van der Waals surface area contributed by atoms with Gasteiger partial charge in [0.25, 0.3) is 0 Å². The Bertz CT molecular complexity index is 303. The van der Waals surface area contributed by atoms with E-state index in [1.165, 1.54) is 16.4 Å². The van der Waals surface area contributed by atoms with Gasteiger partial charge in [-0.05, 0) is 59.8 Å². The van der Waals surface area contributed by atoms with Crippen LogP contribution in [0.5, 0.6) is 5.75 Å². The van der Waals surface area contributed by atoms with Crippen molar-refractivity contribution in [2.45, 2.75) is 19.8 Å². The molecule has 0 spiro atoms. The number of hydrogen-bond acceptors (Lipinski definition) is 3. The molecule has 0 fully saturated rings. The molecule has 0 bridgehead atoms. The maximum absolute atomic E-state index is 5.56. The van der Waals surface area contributed by atoms with E-state index in [1.54, 1.807) is 0 Å². The Hall–Kier alpha value is -0.330. The van der Waals surface area contributed by atoms with Gasteiger partial charge < -0.3 is 14.8 Å². The van der Waals surface area contributed by atoms with Gasteiger partial charge in [-0.1, -0.05) is 13.3 Å². The lowest BCUT2D eigenvalue weighted by atomic mass is 10.3. The van der Waals surface area contributed by atoms with Gasteiger partial charge in [0.1, 0.15) is 12.4 Å². The lowest BCUT2D eigenvalue weighted by molar-refractivity contribution is 0.102. The molecular formula is C14H22INO2. The SMILES string of the molecule is CCCCNCCOCCOc1ccc(I)cc1. The summed E-state index contributed by atoms with van der Waals surface area (Å²) in [4.78, 5) is 0. The summed E-state index contributed by atoms with van der Waals surface area (Å²) < 4.78 is 12.2. The first-order valence-electron chi connectivity index (χ1n) is 6.49. The molecule has 0 aliphatic rings. The van der Waals surface area contributed by atoms with Crippen molar-refractivity contribution in [1.29, 1.82) is 0 Å². The molecule has 0 aliphatic carbocycles. The summed E-state index contributed by atoms with van der Waals surface area (Å²) in [5, 5.41) is 3.33. The average Bonchev–Trinajstić information content (AvgIpc) is 2.39. The van der Waals surface area contributed by atoms with Gasteiger partial charge in [-0.2, -0.15) is 0 Å². The van der Waals surface area contributed by atoms with Crippen molar-refractivity contribution in [2.75, 3.05) is 32.9 Å². The molecule has 0 radical (unpaired) electrons. The van der Waals surface area contributed by atoms with Crippen LogP contribution in [0.4, 0.5) is 0 Å². The van der Waals surface area contributed by atoms with Gasteiger partial charge in [-0.3, -0.25) is 0 Å². The standard InChI is InChI=1S/C14H22INO2/c1-2-3-8-16-9-10-17-11-12-18-14-6-4-13(15)5-7-14/h4-7,16H,2-3,8-12H2,1H3. The van der Waals surface area contributed by atoms with Crippen LogP contribution in [0.15, 0.2) is 24.3 Å². The average molecular weight is 363 g/mol. The fraction of sp³-hybridized carbons (Fsp3) is 0.571. The third-order valence-electron chi connectivity index (χ3n) is 2.44. The number of hydrogen-bond donors (Lipinski definition) is 1. The number of benzene rings is 1. The Labute approximate surface area is 123 Å². The maximum atomic E-state index is 5.56. The Morgan fingerprint density at radius 3 is 2.56 bits per heavy atom. The predicted molar refractivity (Wildman–Crippen MR) is 83.3 cm³/mol. The molecule has 0 saturated heterocycles. The first-order chi connectivity index (χ1) is 8.83. The summed E-state index contributed by atoms with van der Waals surface area (Å²) in [6.07, 6.45) is 2.47. The summed E-state index contributed by atoms with van der Waals surface area (Å²) >= 11 is 2.28. The van der Waals surface area contributed by atoms with E-state index in [0.29, 0.717) is 13.2 Å². The first-order valence-corrected chi connectivity index (χ1v) is 7.57. The minimum absolute atomic E-state index is 0.607. The third-order valence-corrected chi connectivity index (χ3v) is 3.16. The fourth-order valence-corrected chi connectivity index (χ4v) is 1.78. The molecule has 1 aromatic rings. The molecule has 1 aromatic carbocycles. The minimum Gasteiger partial charge on any atom is -0.491 e. The van der Waals surface area contributed by atoms with Gasteiger partial charge in [0.15, 0.2) is 0 Å². The summed E-state index contributed by atoms with van der Waals surface area (Å²) in [6.45, 7) is 6.19. The van der Waals surface area contributed by atoms with E-state index in [2.05, 4.69) is 34.8 Å². The molecule has 102 valence electrons. The molecule has 0 aromatic heterocycles. The van der Waals surface area contributed by atoms with Crippen LogP contribution in [0.3, 0.4) is 0 Å². The smallest absolute Gasteiger partial charge is 0.119 e. The number of ether oxygens (including phenoxy) is 2. The minimum atomic E-state index is 0.607. The summed E-state index contributed by atoms with van der Waals surface area (Å²) in [5.41, 5.74) is 0. The second kappa shape index (κ2) is 10.6. The van der Waals surface area contributed by atoms with Crippen LogP contribution < -0.4 is 10.1 Å². The molecule has 0 saturated carbocycles. The van der Waals surface area contributed by atoms with Crippen LogP contribution >= 0.6 is 22.6 Å². The highest BCUT2D eigenvalue weighted by molar-refractivity contribution is 14.1.